The zero-order valence-electron chi connectivity index (χ0n) is 10.8. The second-order valence-corrected chi connectivity index (χ2v) is 9.09. The molecule has 0 unspecified atom stereocenters. The van der Waals surface area contributed by atoms with Gasteiger partial charge in [0.15, 0.2) is 0 Å². The normalized spacial score (nSPS) is 11.8. The quantitative estimate of drug-likeness (QED) is 0.865. The summed E-state index contributed by atoms with van der Waals surface area (Å²) in [4.78, 5) is 3.22. The predicted molar refractivity (Wildman–Crippen MR) is 80.9 cm³/mol. The molecule has 0 aliphatic heterocycles. The maximum atomic E-state index is 12.3. The van der Waals surface area contributed by atoms with Gasteiger partial charge < -0.3 is 0 Å². The number of nitrogens with zero attached hydrogens (tertiary/aromatic N) is 1. The summed E-state index contributed by atoms with van der Waals surface area (Å²) in [6, 6.07) is 8.22. The van der Waals surface area contributed by atoms with Crippen LogP contribution >= 0.6 is 11.3 Å². The molecule has 1 aromatic carbocycles. The van der Waals surface area contributed by atoms with E-state index in [1.54, 1.807) is 0 Å². The zero-order chi connectivity index (χ0) is 15.7. The molecule has 0 saturated carbocycles. The number of thiophene rings is 1. The molecule has 0 bridgehead atoms. The van der Waals surface area contributed by atoms with Crippen molar-refractivity contribution in [3.05, 3.63) is 47.8 Å². The van der Waals surface area contributed by atoms with E-state index in [4.69, 9.17) is 6.57 Å². The molecule has 0 saturated heterocycles. The molecule has 0 atom stereocenters. The van der Waals surface area contributed by atoms with Gasteiger partial charge in [-0.2, -0.15) is 0 Å². The van der Waals surface area contributed by atoms with Crippen LogP contribution in [0.15, 0.2) is 45.5 Å². The Hall–Kier alpha value is -1.89. The maximum Gasteiger partial charge on any atom is 0.242 e. The van der Waals surface area contributed by atoms with Crippen LogP contribution in [-0.4, -0.2) is 23.1 Å². The van der Waals surface area contributed by atoms with Crippen LogP contribution in [0.25, 0.3) is 4.85 Å². The van der Waals surface area contributed by atoms with E-state index in [0.29, 0.717) is 5.00 Å². The molecule has 0 fully saturated rings. The Morgan fingerprint density at radius 3 is 2.14 bits per heavy atom. The summed E-state index contributed by atoms with van der Waals surface area (Å²) in [6.45, 7) is 6.85. The highest BCUT2D eigenvalue weighted by molar-refractivity contribution is 7.93. The molecule has 6 nitrogen and oxygen atoms in total. The fourth-order valence-corrected chi connectivity index (χ4v) is 4.59. The zero-order valence-corrected chi connectivity index (χ0v) is 13.2. The van der Waals surface area contributed by atoms with Crippen LogP contribution in [0.2, 0.25) is 0 Å². The molecule has 9 heteroatoms. The third kappa shape index (κ3) is 3.60. The van der Waals surface area contributed by atoms with Crippen molar-refractivity contribution < 1.29 is 16.8 Å². The Kier molecular flexibility index (Phi) is 4.04. The van der Waals surface area contributed by atoms with Crippen LogP contribution in [-0.2, 0) is 19.9 Å². The lowest BCUT2D eigenvalue weighted by molar-refractivity contribution is 0.598. The largest absolute Gasteiger partial charge is 0.284 e. The van der Waals surface area contributed by atoms with Crippen molar-refractivity contribution >= 4 is 41.9 Å². The molecule has 110 valence electrons. The van der Waals surface area contributed by atoms with Crippen LogP contribution in [0, 0.1) is 6.57 Å². The van der Waals surface area contributed by atoms with E-state index in [1.165, 1.54) is 36.4 Å². The molecule has 0 spiro atoms. The molecular weight excluding hydrogens is 332 g/mol. The number of anilines is 1. The first kappa shape index (κ1) is 15.5. The van der Waals surface area contributed by atoms with E-state index in [0.717, 1.165) is 17.6 Å². The second kappa shape index (κ2) is 5.48. The van der Waals surface area contributed by atoms with Crippen LogP contribution < -0.4 is 4.72 Å². The minimum atomic E-state index is -3.69. The molecule has 1 aromatic heterocycles. The fourth-order valence-electron chi connectivity index (χ4n) is 1.55. The molecule has 0 amide bonds. The Balaban J connectivity index is 2.36. The Morgan fingerprint density at radius 2 is 1.67 bits per heavy atom. The van der Waals surface area contributed by atoms with E-state index in [-0.39, 0.29) is 14.8 Å². The average molecular weight is 342 g/mol. The summed E-state index contributed by atoms with van der Waals surface area (Å²) >= 11 is 0.895. The van der Waals surface area contributed by atoms with Gasteiger partial charge in [-0.1, -0.05) is 0 Å². The number of rotatable bonds is 4. The third-order valence-corrected chi connectivity index (χ3v) is 6.26. The van der Waals surface area contributed by atoms with Crippen LogP contribution in [0.1, 0.15) is 0 Å². The second-order valence-electron chi connectivity index (χ2n) is 4.11. The highest BCUT2D eigenvalue weighted by Gasteiger charge is 2.19. The van der Waals surface area contributed by atoms with E-state index in [9.17, 15) is 16.8 Å². The predicted octanol–water partition coefficient (Wildman–Crippen LogP) is 2.50. The minimum absolute atomic E-state index is 0.0416. The van der Waals surface area contributed by atoms with Crippen molar-refractivity contribution in [2.75, 3.05) is 11.0 Å². The van der Waals surface area contributed by atoms with Crippen LogP contribution in [0.3, 0.4) is 0 Å². The molecular formula is C12H10N2O4S3. The van der Waals surface area contributed by atoms with Gasteiger partial charge in [0.2, 0.25) is 24.9 Å². The maximum absolute atomic E-state index is 12.3. The molecule has 0 aliphatic carbocycles. The lowest BCUT2D eigenvalue weighted by Gasteiger charge is -2.05. The summed E-state index contributed by atoms with van der Waals surface area (Å²) in [5.41, 5.74) is 0.282. The molecule has 1 N–H and O–H groups in total. The van der Waals surface area contributed by atoms with Crippen molar-refractivity contribution in [3.63, 3.8) is 0 Å². The molecule has 2 rings (SSSR count). The van der Waals surface area contributed by atoms with Crippen LogP contribution in [0.4, 0.5) is 10.7 Å². The summed E-state index contributed by atoms with van der Waals surface area (Å²) in [5.74, 6) is 0. The number of sulfone groups is 1. The lowest BCUT2D eigenvalue weighted by Crippen LogP contribution is -2.09. The van der Waals surface area contributed by atoms with Gasteiger partial charge in [0.05, 0.1) is 17.7 Å². The molecule has 21 heavy (non-hydrogen) atoms. The van der Waals surface area contributed by atoms with E-state index < -0.39 is 19.9 Å². The summed E-state index contributed by atoms with van der Waals surface area (Å²) in [6.07, 6.45) is 1.01. The van der Waals surface area contributed by atoms with Crippen molar-refractivity contribution in [3.8, 4) is 0 Å². The summed E-state index contributed by atoms with van der Waals surface area (Å²) in [7, 11) is -7.10. The molecule has 1 heterocycles. The fraction of sp³-hybridized carbons (Fsp3) is 0.0833. The number of benzene rings is 1. The molecule has 0 radical (unpaired) electrons. The van der Waals surface area contributed by atoms with Crippen molar-refractivity contribution in [2.24, 2.45) is 0 Å². The monoisotopic (exact) mass is 342 g/mol. The number of hydrogen-bond acceptors (Lipinski definition) is 5. The highest BCUT2D eigenvalue weighted by atomic mass is 32.2. The van der Waals surface area contributed by atoms with E-state index >= 15 is 0 Å². The third-order valence-electron chi connectivity index (χ3n) is 2.41. The van der Waals surface area contributed by atoms with Crippen LogP contribution in [0.5, 0.6) is 0 Å². The van der Waals surface area contributed by atoms with Gasteiger partial charge in [0, 0.05) is 5.69 Å². The van der Waals surface area contributed by atoms with Gasteiger partial charge in [-0.25, -0.2) is 21.7 Å². The Morgan fingerprint density at radius 1 is 1.05 bits per heavy atom. The molecule has 0 aliphatic rings. The lowest BCUT2D eigenvalue weighted by atomic mass is 10.3. The first-order chi connectivity index (χ1) is 9.72. The van der Waals surface area contributed by atoms with Crippen molar-refractivity contribution in [2.45, 2.75) is 9.10 Å². The summed E-state index contributed by atoms with van der Waals surface area (Å²) < 4.78 is 49.2. The number of nitrogens with one attached hydrogen (secondary N) is 1. The smallest absolute Gasteiger partial charge is 0.242 e. The Labute approximate surface area is 126 Å². The first-order valence-electron chi connectivity index (χ1n) is 5.52. The minimum Gasteiger partial charge on any atom is -0.284 e. The van der Waals surface area contributed by atoms with E-state index in [2.05, 4.69) is 9.57 Å². The van der Waals surface area contributed by atoms with Crippen molar-refractivity contribution in [1.82, 2.24) is 0 Å². The van der Waals surface area contributed by atoms with E-state index in [1.807, 2.05) is 0 Å². The van der Waals surface area contributed by atoms with Gasteiger partial charge >= 0.3 is 0 Å². The Bertz CT molecular complexity index is 904. The average Bonchev–Trinajstić information content (AvgIpc) is 2.87. The molecule has 2 aromatic rings. The van der Waals surface area contributed by atoms with Gasteiger partial charge in [-0.05, 0) is 36.4 Å². The van der Waals surface area contributed by atoms with Gasteiger partial charge in [0.1, 0.15) is 4.21 Å². The van der Waals surface area contributed by atoms with Gasteiger partial charge in [0.25, 0.3) is 0 Å². The SMILES string of the molecule is [C-]#[N+]c1ccc(S(=O)(=O)c2ccc(NS(C)(=O)=O)cc2)s1. The topological polar surface area (TPSA) is 84.7 Å². The first-order valence-corrected chi connectivity index (χ1v) is 9.72. The van der Waals surface area contributed by atoms with Crippen molar-refractivity contribution in [1.29, 1.82) is 0 Å². The summed E-state index contributed by atoms with van der Waals surface area (Å²) in [5, 5.41) is 0.295. The number of hydrogen-bond donors (Lipinski definition) is 1. The van der Waals surface area contributed by atoms with Gasteiger partial charge in [-0.3, -0.25) is 4.72 Å². The standard InChI is InChI=1S/C12H10N2O4S3/c1-13-11-7-8-12(19-11)21(17,18)10-5-3-9(4-6-10)14-20(2,15)16/h3-8,14H,2H3. The van der Waals surface area contributed by atoms with Gasteiger partial charge in [-0.15, -0.1) is 11.3 Å². The number of sulfonamides is 1. The highest BCUT2D eigenvalue weighted by Crippen LogP contribution is 2.32.